The number of nitriles is 1. The van der Waals surface area contributed by atoms with Gasteiger partial charge in [0.05, 0.1) is 16.8 Å². The first kappa shape index (κ1) is 11.8. The van der Waals surface area contributed by atoms with Gasteiger partial charge >= 0.3 is 0 Å². The summed E-state index contributed by atoms with van der Waals surface area (Å²) in [6.45, 7) is 1.81. The second-order valence-electron chi connectivity index (χ2n) is 5.25. The minimum absolute atomic E-state index is 0.479. The van der Waals surface area contributed by atoms with Crippen LogP contribution < -0.4 is 5.32 Å². The maximum atomic E-state index is 9.51. The predicted octanol–water partition coefficient (Wildman–Crippen LogP) is 2.88. The van der Waals surface area contributed by atoms with Crippen LogP contribution in [0.3, 0.4) is 0 Å². The third-order valence-corrected chi connectivity index (χ3v) is 4.15. The number of nitrogens with zero attached hydrogens (tertiary/aromatic N) is 2. The van der Waals surface area contributed by atoms with Crippen molar-refractivity contribution in [1.29, 1.82) is 5.26 Å². The van der Waals surface area contributed by atoms with E-state index in [1.54, 1.807) is 0 Å². The molecule has 0 aromatic heterocycles. The molecule has 0 amide bonds. The Labute approximate surface area is 112 Å². The van der Waals surface area contributed by atoms with Crippen molar-refractivity contribution in [3.63, 3.8) is 0 Å². The van der Waals surface area contributed by atoms with Gasteiger partial charge in [0.15, 0.2) is 0 Å². The quantitative estimate of drug-likeness (QED) is 0.909. The molecule has 1 saturated heterocycles. The van der Waals surface area contributed by atoms with Crippen LogP contribution in [-0.2, 0) is 0 Å². The lowest BCUT2D eigenvalue weighted by Crippen LogP contribution is -2.40. The van der Waals surface area contributed by atoms with Gasteiger partial charge in [-0.15, -0.1) is 0 Å². The van der Waals surface area contributed by atoms with Gasteiger partial charge in [0.2, 0.25) is 0 Å². The Bertz CT molecular complexity index is 492. The molecule has 0 bridgehead atoms. The molecule has 1 aromatic rings. The molecule has 94 valence electrons. The Morgan fingerprint density at radius 1 is 1.39 bits per heavy atom. The first-order valence-electron chi connectivity index (χ1n) is 6.40. The lowest BCUT2D eigenvalue weighted by Gasteiger charge is -2.25. The molecule has 1 heterocycles. The van der Waals surface area contributed by atoms with Crippen LogP contribution in [0.5, 0.6) is 0 Å². The Morgan fingerprint density at radius 2 is 2.17 bits per heavy atom. The lowest BCUT2D eigenvalue weighted by atomic mass is 10.0. The van der Waals surface area contributed by atoms with Gasteiger partial charge in [-0.1, -0.05) is 23.7 Å². The standard InChI is InChI=1S/C14H16ClN3/c15-12-3-1-2-4-13(12)17-14(9-16)7-8-18(10-14)11-5-6-11/h1-4,11,17H,5-8,10H2. The Kier molecular flexibility index (Phi) is 2.93. The first-order chi connectivity index (χ1) is 8.72. The number of benzene rings is 1. The van der Waals surface area contributed by atoms with Crippen molar-refractivity contribution in [2.45, 2.75) is 30.8 Å². The van der Waals surface area contributed by atoms with Crippen LogP contribution in [-0.4, -0.2) is 29.6 Å². The normalized spacial score (nSPS) is 28.0. The molecule has 1 aromatic carbocycles. The van der Waals surface area contributed by atoms with Gasteiger partial charge in [0.1, 0.15) is 5.54 Å². The summed E-state index contributed by atoms with van der Waals surface area (Å²) in [4.78, 5) is 2.42. The van der Waals surface area contributed by atoms with Crippen molar-refractivity contribution in [1.82, 2.24) is 4.90 Å². The second-order valence-corrected chi connectivity index (χ2v) is 5.66. The highest BCUT2D eigenvalue weighted by atomic mass is 35.5. The van der Waals surface area contributed by atoms with E-state index in [1.807, 2.05) is 24.3 Å². The van der Waals surface area contributed by atoms with Crippen LogP contribution in [0.2, 0.25) is 5.02 Å². The minimum atomic E-state index is -0.479. The van der Waals surface area contributed by atoms with Crippen molar-refractivity contribution in [3.05, 3.63) is 29.3 Å². The zero-order chi connectivity index (χ0) is 12.6. The SMILES string of the molecule is N#CC1(Nc2ccccc2Cl)CCN(C2CC2)C1. The van der Waals surface area contributed by atoms with E-state index in [0.717, 1.165) is 25.2 Å². The molecular formula is C14H16ClN3. The average molecular weight is 262 g/mol. The van der Waals surface area contributed by atoms with Crippen molar-refractivity contribution in [3.8, 4) is 6.07 Å². The van der Waals surface area contributed by atoms with E-state index in [-0.39, 0.29) is 0 Å². The van der Waals surface area contributed by atoms with E-state index < -0.39 is 5.54 Å². The number of nitrogens with one attached hydrogen (secondary N) is 1. The predicted molar refractivity (Wildman–Crippen MR) is 72.6 cm³/mol. The monoisotopic (exact) mass is 261 g/mol. The van der Waals surface area contributed by atoms with Gasteiger partial charge in [-0.05, 0) is 31.4 Å². The zero-order valence-corrected chi connectivity index (χ0v) is 11.0. The molecule has 1 atom stereocenters. The topological polar surface area (TPSA) is 39.1 Å². The maximum Gasteiger partial charge on any atom is 0.139 e. The van der Waals surface area contributed by atoms with Crippen molar-refractivity contribution in [2.24, 2.45) is 0 Å². The van der Waals surface area contributed by atoms with Crippen LogP contribution >= 0.6 is 11.6 Å². The third-order valence-electron chi connectivity index (χ3n) is 3.82. The molecule has 3 nitrogen and oxygen atoms in total. The molecular weight excluding hydrogens is 246 g/mol. The molecule has 4 heteroatoms. The van der Waals surface area contributed by atoms with Crippen LogP contribution in [0, 0.1) is 11.3 Å². The smallest absolute Gasteiger partial charge is 0.139 e. The minimum Gasteiger partial charge on any atom is -0.365 e. The molecule has 1 unspecified atom stereocenters. The largest absolute Gasteiger partial charge is 0.365 e. The highest BCUT2D eigenvalue weighted by Gasteiger charge is 2.43. The van der Waals surface area contributed by atoms with E-state index >= 15 is 0 Å². The Hall–Kier alpha value is -1.24. The van der Waals surface area contributed by atoms with Gasteiger partial charge in [-0.2, -0.15) is 5.26 Å². The Balaban J connectivity index is 1.77. The molecule has 0 radical (unpaired) electrons. The summed E-state index contributed by atoms with van der Waals surface area (Å²) in [5.41, 5.74) is 0.381. The fourth-order valence-electron chi connectivity index (χ4n) is 2.63. The number of anilines is 1. The number of hydrogen-bond donors (Lipinski definition) is 1. The molecule has 2 fully saturated rings. The second kappa shape index (κ2) is 4.46. The highest BCUT2D eigenvalue weighted by Crippen LogP contribution is 2.35. The van der Waals surface area contributed by atoms with E-state index in [2.05, 4.69) is 16.3 Å². The molecule has 18 heavy (non-hydrogen) atoms. The summed E-state index contributed by atoms with van der Waals surface area (Å²) in [5, 5.41) is 13.5. The van der Waals surface area contributed by atoms with Crippen molar-refractivity contribution >= 4 is 17.3 Å². The zero-order valence-electron chi connectivity index (χ0n) is 10.2. The highest BCUT2D eigenvalue weighted by molar-refractivity contribution is 6.33. The van der Waals surface area contributed by atoms with Crippen LogP contribution in [0.15, 0.2) is 24.3 Å². The maximum absolute atomic E-state index is 9.51. The molecule has 1 N–H and O–H groups in total. The van der Waals surface area contributed by atoms with E-state index in [0.29, 0.717) is 11.1 Å². The van der Waals surface area contributed by atoms with Gasteiger partial charge in [0, 0.05) is 19.1 Å². The summed E-state index contributed by atoms with van der Waals surface area (Å²) < 4.78 is 0. The van der Waals surface area contributed by atoms with Crippen LogP contribution in [0.25, 0.3) is 0 Å². The van der Waals surface area contributed by atoms with E-state index in [1.165, 1.54) is 12.8 Å². The van der Waals surface area contributed by atoms with E-state index in [9.17, 15) is 5.26 Å². The molecule has 1 saturated carbocycles. The van der Waals surface area contributed by atoms with Gasteiger partial charge in [0.25, 0.3) is 0 Å². The molecule has 0 spiro atoms. The van der Waals surface area contributed by atoms with Crippen LogP contribution in [0.1, 0.15) is 19.3 Å². The summed E-state index contributed by atoms with van der Waals surface area (Å²) in [6.07, 6.45) is 3.44. The number of para-hydroxylation sites is 1. The Morgan fingerprint density at radius 3 is 2.83 bits per heavy atom. The summed E-state index contributed by atoms with van der Waals surface area (Å²) in [6, 6.07) is 10.8. The number of hydrogen-bond acceptors (Lipinski definition) is 3. The number of rotatable bonds is 3. The number of likely N-dealkylation sites (tertiary alicyclic amines) is 1. The van der Waals surface area contributed by atoms with Crippen molar-refractivity contribution < 1.29 is 0 Å². The fourth-order valence-corrected chi connectivity index (χ4v) is 2.82. The molecule has 1 aliphatic carbocycles. The average Bonchev–Trinajstić information content (AvgIpc) is 3.15. The molecule has 3 rings (SSSR count). The van der Waals surface area contributed by atoms with E-state index in [4.69, 9.17) is 11.6 Å². The summed E-state index contributed by atoms with van der Waals surface area (Å²) in [7, 11) is 0. The van der Waals surface area contributed by atoms with Gasteiger partial charge < -0.3 is 5.32 Å². The molecule has 2 aliphatic rings. The summed E-state index contributed by atoms with van der Waals surface area (Å²) in [5.74, 6) is 0. The third kappa shape index (κ3) is 2.19. The summed E-state index contributed by atoms with van der Waals surface area (Å²) >= 11 is 6.15. The van der Waals surface area contributed by atoms with Crippen LogP contribution in [0.4, 0.5) is 5.69 Å². The fraction of sp³-hybridized carbons (Fsp3) is 0.500. The lowest BCUT2D eigenvalue weighted by molar-refractivity contribution is 0.319. The van der Waals surface area contributed by atoms with Gasteiger partial charge in [-0.3, -0.25) is 4.90 Å². The van der Waals surface area contributed by atoms with Gasteiger partial charge in [-0.25, -0.2) is 0 Å². The van der Waals surface area contributed by atoms with Crippen molar-refractivity contribution in [2.75, 3.05) is 18.4 Å². The first-order valence-corrected chi connectivity index (χ1v) is 6.78. The molecule has 1 aliphatic heterocycles. The number of halogens is 1.